The molecule has 0 aliphatic carbocycles. The third-order valence-electron chi connectivity index (χ3n) is 2.91. The number of aryl methyl sites for hydroxylation is 1. The summed E-state index contributed by atoms with van der Waals surface area (Å²) >= 11 is 1.64. The van der Waals surface area contributed by atoms with Gasteiger partial charge in [0.15, 0.2) is 0 Å². The van der Waals surface area contributed by atoms with E-state index >= 15 is 0 Å². The number of nitrogens with two attached hydrogens (primary N) is 1. The maximum absolute atomic E-state index is 13.4. The summed E-state index contributed by atoms with van der Waals surface area (Å²) < 4.78 is 26.9. The summed E-state index contributed by atoms with van der Waals surface area (Å²) in [7, 11) is 0. The molecule has 1 aromatic carbocycles. The van der Waals surface area contributed by atoms with Crippen molar-refractivity contribution in [3.8, 4) is 0 Å². The van der Waals surface area contributed by atoms with Gasteiger partial charge in [-0.1, -0.05) is 6.07 Å². The quantitative estimate of drug-likeness (QED) is 0.881. The highest BCUT2D eigenvalue weighted by atomic mass is 32.1. The van der Waals surface area contributed by atoms with Crippen LogP contribution in [-0.2, 0) is 12.8 Å². The molecule has 1 heterocycles. The first-order chi connectivity index (χ1) is 8.66. The van der Waals surface area contributed by atoms with E-state index < -0.39 is 11.6 Å². The van der Waals surface area contributed by atoms with Crippen molar-refractivity contribution in [2.45, 2.75) is 25.3 Å². The minimum Gasteiger partial charge on any atom is -0.327 e. The summed E-state index contributed by atoms with van der Waals surface area (Å²) in [4.78, 5) is 0. The summed E-state index contributed by atoms with van der Waals surface area (Å²) in [5.41, 5.74) is 7.25. The number of thiophene rings is 1. The molecule has 0 aliphatic rings. The molecule has 0 saturated heterocycles. The first-order valence-electron chi connectivity index (χ1n) is 5.86. The minimum absolute atomic E-state index is 0.0929. The molecule has 0 spiro atoms. The Morgan fingerprint density at radius 2 is 1.89 bits per heavy atom. The van der Waals surface area contributed by atoms with Crippen molar-refractivity contribution in [1.82, 2.24) is 0 Å². The van der Waals surface area contributed by atoms with Crippen LogP contribution in [0.3, 0.4) is 0 Å². The molecule has 2 N–H and O–H groups in total. The Morgan fingerprint density at radius 1 is 1.17 bits per heavy atom. The lowest BCUT2D eigenvalue weighted by Gasteiger charge is -2.12. The molecule has 1 aromatic heterocycles. The number of benzene rings is 1. The fourth-order valence-corrected chi connectivity index (χ4v) is 2.58. The van der Waals surface area contributed by atoms with Crippen LogP contribution in [0.5, 0.6) is 0 Å². The van der Waals surface area contributed by atoms with Crippen LogP contribution in [0.2, 0.25) is 0 Å². The molecular weight excluding hydrogens is 252 g/mol. The average molecular weight is 267 g/mol. The summed E-state index contributed by atoms with van der Waals surface area (Å²) in [5.74, 6) is -1.03. The van der Waals surface area contributed by atoms with E-state index in [4.69, 9.17) is 5.73 Å². The van der Waals surface area contributed by atoms with E-state index in [9.17, 15) is 8.78 Å². The zero-order valence-electron chi connectivity index (χ0n) is 9.90. The van der Waals surface area contributed by atoms with Crippen molar-refractivity contribution < 1.29 is 8.78 Å². The average Bonchev–Trinajstić information content (AvgIpc) is 2.84. The lowest BCUT2D eigenvalue weighted by molar-refractivity contribution is 0.524. The maximum Gasteiger partial charge on any atom is 0.129 e. The highest BCUT2D eigenvalue weighted by molar-refractivity contribution is 7.07. The molecule has 1 unspecified atom stereocenters. The molecule has 2 rings (SSSR count). The summed E-state index contributed by atoms with van der Waals surface area (Å²) in [6.45, 7) is 0. The van der Waals surface area contributed by atoms with E-state index in [-0.39, 0.29) is 18.0 Å². The van der Waals surface area contributed by atoms with Gasteiger partial charge in [0, 0.05) is 11.6 Å². The van der Waals surface area contributed by atoms with Gasteiger partial charge >= 0.3 is 0 Å². The number of hydrogen-bond acceptors (Lipinski definition) is 2. The third kappa shape index (κ3) is 3.37. The van der Waals surface area contributed by atoms with E-state index in [1.807, 2.05) is 11.4 Å². The van der Waals surface area contributed by atoms with E-state index in [2.05, 4.69) is 5.38 Å². The molecule has 0 bridgehead atoms. The lowest BCUT2D eigenvalue weighted by Crippen LogP contribution is -2.24. The Labute approximate surface area is 109 Å². The SMILES string of the molecule is NC(CCc1ccsc1)Cc1c(F)cccc1F. The lowest BCUT2D eigenvalue weighted by atomic mass is 10.00. The normalized spacial score (nSPS) is 12.6. The molecule has 0 saturated carbocycles. The van der Waals surface area contributed by atoms with E-state index in [1.165, 1.54) is 23.8 Å². The second-order valence-corrected chi connectivity index (χ2v) is 5.11. The van der Waals surface area contributed by atoms with Crippen LogP contribution in [0.4, 0.5) is 8.78 Å². The summed E-state index contributed by atoms with van der Waals surface area (Å²) in [6, 6.07) is 5.72. The molecule has 0 aliphatic heterocycles. The number of hydrogen-bond donors (Lipinski definition) is 1. The largest absolute Gasteiger partial charge is 0.327 e. The predicted octanol–water partition coefficient (Wildman–Crippen LogP) is 3.53. The molecule has 4 heteroatoms. The first-order valence-corrected chi connectivity index (χ1v) is 6.80. The topological polar surface area (TPSA) is 26.0 Å². The van der Waals surface area contributed by atoms with Gasteiger partial charge in [0.25, 0.3) is 0 Å². The molecule has 2 aromatic rings. The van der Waals surface area contributed by atoms with Gasteiger partial charge in [-0.2, -0.15) is 11.3 Å². The van der Waals surface area contributed by atoms with Gasteiger partial charge in [0.05, 0.1) is 0 Å². The highest BCUT2D eigenvalue weighted by Crippen LogP contribution is 2.16. The second kappa shape index (κ2) is 6.07. The highest BCUT2D eigenvalue weighted by Gasteiger charge is 2.12. The van der Waals surface area contributed by atoms with Crippen molar-refractivity contribution in [3.63, 3.8) is 0 Å². The van der Waals surface area contributed by atoms with Gasteiger partial charge in [-0.05, 0) is 53.8 Å². The van der Waals surface area contributed by atoms with Gasteiger partial charge < -0.3 is 5.73 Å². The van der Waals surface area contributed by atoms with Crippen LogP contribution in [0.25, 0.3) is 0 Å². The van der Waals surface area contributed by atoms with Crippen molar-refractivity contribution in [3.05, 3.63) is 57.8 Å². The first kappa shape index (κ1) is 13.2. The molecule has 0 fully saturated rings. The fourth-order valence-electron chi connectivity index (χ4n) is 1.88. The Balaban J connectivity index is 1.92. The standard InChI is InChI=1S/C14H15F2NS/c15-13-2-1-3-14(16)12(13)8-11(17)5-4-10-6-7-18-9-10/h1-3,6-7,9,11H,4-5,8,17H2. The van der Waals surface area contributed by atoms with E-state index in [0.717, 1.165) is 12.8 Å². The Bertz CT molecular complexity index is 476. The molecule has 1 nitrogen and oxygen atoms in total. The number of halogens is 2. The molecular formula is C14H15F2NS. The van der Waals surface area contributed by atoms with Gasteiger partial charge in [0.1, 0.15) is 11.6 Å². The van der Waals surface area contributed by atoms with Crippen molar-refractivity contribution in [2.75, 3.05) is 0 Å². The monoisotopic (exact) mass is 267 g/mol. The van der Waals surface area contributed by atoms with Crippen LogP contribution in [0, 0.1) is 11.6 Å². The zero-order chi connectivity index (χ0) is 13.0. The Morgan fingerprint density at radius 3 is 2.50 bits per heavy atom. The predicted molar refractivity (Wildman–Crippen MR) is 70.7 cm³/mol. The van der Waals surface area contributed by atoms with Crippen molar-refractivity contribution >= 4 is 11.3 Å². The molecule has 96 valence electrons. The van der Waals surface area contributed by atoms with Gasteiger partial charge in [-0.3, -0.25) is 0 Å². The van der Waals surface area contributed by atoms with Gasteiger partial charge in [-0.15, -0.1) is 0 Å². The van der Waals surface area contributed by atoms with Crippen LogP contribution < -0.4 is 5.73 Å². The Kier molecular flexibility index (Phi) is 4.44. The maximum atomic E-state index is 13.4. The fraction of sp³-hybridized carbons (Fsp3) is 0.286. The number of rotatable bonds is 5. The van der Waals surface area contributed by atoms with Gasteiger partial charge in [0.2, 0.25) is 0 Å². The third-order valence-corrected chi connectivity index (χ3v) is 3.64. The van der Waals surface area contributed by atoms with E-state index in [0.29, 0.717) is 0 Å². The van der Waals surface area contributed by atoms with Crippen LogP contribution in [0.1, 0.15) is 17.5 Å². The van der Waals surface area contributed by atoms with Gasteiger partial charge in [-0.25, -0.2) is 8.78 Å². The summed E-state index contributed by atoms with van der Waals surface area (Å²) in [6.07, 6.45) is 1.81. The smallest absolute Gasteiger partial charge is 0.129 e. The molecule has 1 atom stereocenters. The minimum atomic E-state index is -0.513. The summed E-state index contributed by atoms with van der Waals surface area (Å²) in [5, 5.41) is 4.08. The van der Waals surface area contributed by atoms with E-state index in [1.54, 1.807) is 11.3 Å². The molecule has 0 radical (unpaired) electrons. The molecule has 18 heavy (non-hydrogen) atoms. The van der Waals surface area contributed by atoms with Crippen LogP contribution in [-0.4, -0.2) is 6.04 Å². The Hall–Kier alpha value is -1.26. The van der Waals surface area contributed by atoms with Crippen molar-refractivity contribution in [2.24, 2.45) is 5.73 Å². The zero-order valence-corrected chi connectivity index (χ0v) is 10.7. The molecule has 0 amide bonds. The van der Waals surface area contributed by atoms with Crippen LogP contribution in [0.15, 0.2) is 35.0 Å². The second-order valence-electron chi connectivity index (χ2n) is 4.33. The van der Waals surface area contributed by atoms with Crippen molar-refractivity contribution in [1.29, 1.82) is 0 Å². The van der Waals surface area contributed by atoms with Crippen LogP contribution >= 0.6 is 11.3 Å².